The van der Waals surface area contributed by atoms with Gasteiger partial charge in [-0.1, -0.05) is 36.4 Å². The molecular weight excluding hydrogens is 376 g/mol. The molecule has 3 aromatic carbocycles. The molecule has 0 aliphatic carbocycles. The van der Waals surface area contributed by atoms with Crippen LogP contribution >= 0.6 is 0 Å². The molecule has 1 aromatic heterocycles. The van der Waals surface area contributed by atoms with Crippen molar-refractivity contribution in [2.24, 2.45) is 0 Å². The maximum atomic E-state index is 13.1. The zero-order valence-electron chi connectivity index (χ0n) is 16.9. The number of nitrogens with one attached hydrogen (secondary N) is 1. The molecule has 5 nitrogen and oxygen atoms in total. The third kappa shape index (κ3) is 3.96. The Morgan fingerprint density at radius 1 is 1.00 bits per heavy atom. The number of carbonyl (C=O) groups is 1. The Balaban J connectivity index is 1.73. The second-order valence-corrected chi connectivity index (χ2v) is 7.16. The lowest BCUT2D eigenvalue weighted by atomic mass is 10.0. The number of carbonyl (C=O) groups excluding carboxylic acids is 1. The molecule has 1 N–H and O–H groups in total. The number of pyridine rings is 1. The van der Waals surface area contributed by atoms with Gasteiger partial charge in [-0.2, -0.15) is 0 Å². The largest absolute Gasteiger partial charge is 0.497 e. The van der Waals surface area contributed by atoms with Crippen molar-refractivity contribution >= 4 is 22.5 Å². The Morgan fingerprint density at radius 2 is 1.73 bits per heavy atom. The average Bonchev–Trinajstić information content (AvgIpc) is 2.76. The summed E-state index contributed by atoms with van der Waals surface area (Å²) in [5, 5.41) is 3.50. The SMILES string of the molecule is COc1ccc(NC(=O)Cn2cc(-c3ccccc3)c(=O)c3ccc(C)cc32)cc1. The monoisotopic (exact) mass is 398 g/mol. The van der Waals surface area contributed by atoms with E-state index >= 15 is 0 Å². The first kappa shape index (κ1) is 19.5. The molecule has 0 fully saturated rings. The highest BCUT2D eigenvalue weighted by Gasteiger charge is 2.13. The summed E-state index contributed by atoms with van der Waals surface area (Å²) in [6.45, 7) is 2.06. The molecule has 4 aromatic rings. The van der Waals surface area contributed by atoms with E-state index in [-0.39, 0.29) is 17.9 Å². The van der Waals surface area contributed by atoms with Crippen LogP contribution in [0.4, 0.5) is 5.69 Å². The molecule has 1 heterocycles. The van der Waals surface area contributed by atoms with Crippen molar-refractivity contribution in [3.05, 3.63) is 94.8 Å². The van der Waals surface area contributed by atoms with Crippen LogP contribution in [-0.4, -0.2) is 17.6 Å². The molecule has 0 radical (unpaired) electrons. The minimum Gasteiger partial charge on any atom is -0.497 e. The van der Waals surface area contributed by atoms with Gasteiger partial charge in [0.15, 0.2) is 5.43 Å². The first-order valence-corrected chi connectivity index (χ1v) is 9.68. The zero-order chi connectivity index (χ0) is 21.1. The van der Waals surface area contributed by atoms with Crippen molar-refractivity contribution in [2.45, 2.75) is 13.5 Å². The third-order valence-corrected chi connectivity index (χ3v) is 5.01. The minimum atomic E-state index is -0.175. The Morgan fingerprint density at radius 3 is 2.43 bits per heavy atom. The van der Waals surface area contributed by atoms with Crippen molar-refractivity contribution in [1.82, 2.24) is 4.57 Å². The highest BCUT2D eigenvalue weighted by molar-refractivity contribution is 5.92. The molecule has 0 atom stereocenters. The van der Waals surface area contributed by atoms with Crippen LogP contribution in [0.3, 0.4) is 0 Å². The predicted molar refractivity (Wildman–Crippen MR) is 120 cm³/mol. The number of ether oxygens (including phenoxy) is 1. The van der Waals surface area contributed by atoms with Gasteiger partial charge in [0.1, 0.15) is 12.3 Å². The summed E-state index contributed by atoms with van der Waals surface area (Å²) in [5.74, 6) is 0.549. The first-order chi connectivity index (χ1) is 14.5. The van der Waals surface area contributed by atoms with Crippen LogP contribution in [0.25, 0.3) is 22.0 Å². The number of aryl methyl sites for hydroxylation is 1. The second-order valence-electron chi connectivity index (χ2n) is 7.16. The number of rotatable bonds is 5. The van der Waals surface area contributed by atoms with Crippen LogP contribution < -0.4 is 15.5 Å². The van der Waals surface area contributed by atoms with Gasteiger partial charge in [0, 0.05) is 22.8 Å². The molecule has 0 saturated carbocycles. The molecule has 0 aliphatic rings. The standard InChI is InChI=1S/C25H22N2O3/c1-17-8-13-21-23(14-17)27(15-22(25(21)29)18-6-4-3-5-7-18)16-24(28)26-19-9-11-20(30-2)12-10-19/h3-15H,16H2,1-2H3,(H,26,28). The van der Waals surface area contributed by atoms with Gasteiger partial charge in [0.05, 0.1) is 12.6 Å². The number of amides is 1. The maximum Gasteiger partial charge on any atom is 0.244 e. The molecule has 30 heavy (non-hydrogen) atoms. The van der Waals surface area contributed by atoms with E-state index in [2.05, 4.69) is 5.32 Å². The van der Waals surface area contributed by atoms with Crippen molar-refractivity contribution in [3.8, 4) is 16.9 Å². The smallest absolute Gasteiger partial charge is 0.244 e. The van der Waals surface area contributed by atoms with Crippen LogP contribution in [0.1, 0.15) is 5.56 Å². The van der Waals surface area contributed by atoms with E-state index in [1.54, 1.807) is 37.6 Å². The zero-order valence-corrected chi connectivity index (χ0v) is 16.9. The van der Waals surface area contributed by atoms with Crippen molar-refractivity contribution in [3.63, 3.8) is 0 Å². The first-order valence-electron chi connectivity index (χ1n) is 9.68. The average molecular weight is 398 g/mol. The Kier molecular flexibility index (Phi) is 5.35. The van der Waals surface area contributed by atoms with E-state index in [0.717, 1.165) is 22.4 Å². The van der Waals surface area contributed by atoms with Gasteiger partial charge >= 0.3 is 0 Å². The summed E-state index contributed by atoms with van der Waals surface area (Å²) < 4.78 is 6.99. The summed E-state index contributed by atoms with van der Waals surface area (Å²) >= 11 is 0. The van der Waals surface area contributed by atoms with Gasteiger partial charge in [0.2, 0.25) is 5.91 Å². The quantitative estimate of drug-likeness (QED) is 0.533. The van der Waals surface area contributed by atoms with E-state index < -0.39 is 0 Å². The summed E-state index contributed by atoms with van der Waals surface area (Å²) in [5.41, 5.74) is 3.82. The lowest BCUT2D eigenvalue weighted by Gasteiger charge is -2.14. The predicted octanol–water partition coefficient (Wildman–Crippen LogP) is 4.62. The Hall–Kier alpha value is -3.86. The molecule has 5 heteroatoms. The number of aromatic nitrogens is 1. The number of anilines is 1. The van der Waals surface area contributed by atoms with E-state index in [0.29, 0.717) is 16.6 Å². The number of nitrogens with zero attached hydrogens (tertiary/aromatic N) is 1. The third-order valence-electron chi connectivity index (χ3n) is 5.01. The number of methoxy groups -OCH3 is 1. The fourth-order valence-electron chi connectivity index (χ4n) is 3.48. The maximum absolute atomic E-state index is 13.1. The van der Waals surface area contributed by atoms with E-state index in [1.165, 1.54) is 0 Å². The van der Waals surface area contributed by atoms with Crippen LogP contribution in [0, 0.1) is 6.92 Å². The highest BCUT2D eigenvalue weighted by atomic mass is 16.5. The molecule has 0 bridgehead atoms. The summed E-state index contributed by atoms with van der Waals surface area (Å²) in [6.07, 6.45) is 1.77. The van der Waals surface area contributed by atoms with Gasteiger partial charge in [0.25, 0.3) is 0 Å². The van der Waals surface area contributed by atoms with Gasteiger partial charge in [-0.25, -0.2) is 0 Å². The van der Waals surface area contributed by atoms with E-state index in [4.69, 9.17) is 4.74 Å². The Labute approximate surface area is 174 Å². The van der Waals surface area contributed by atoms with Crippen LogP contribution in [0.2, 0.25) is 0 Å². The molecule has 150 valence electrons. The molecule has 4 rings (SSSR count). The summed E-state index contributed by atoms with van der Waals surface area (Å²) in [7, 11) is 1.60. The molecule has 0 unspecified atom stereocenters. The van der Waals surface area contributed by atoms with E-state index in [1.807, 2.05) is 60.0 Å². The fourth-order valence-corrected chi connectivity index (χ4v) is 3.48. The molecule has 1 amide bonds. The van der Waals surface area contributed by atoms with Gasteiger partial charge in [-0.15, -0.1) is 0 Å². The van der Waals surface area contributed by atoms with Gasteiger partial charge in [-0.3, -0.25) is 9.59 Å². The van der Waals surface area contributed by atoms with Crippen molar-refractivity contribution in [2.75, 3.05) is 12.4 Å². The Bertz CT molecular complexity index is 1260. The van der Waals surface area contributed by atoms with Crippen molar-refractivity contribution < 1.29 is 9.53 Å². The van der Waals surface area contributed by atoms with E-state index in [9.17, 15) is 9.59 Å². The summed E-state index contributed by atoms with van der Waals surface area (Å²) in [6, 6.07) is 22.4. The lowest BCUT2D eigenvalue weighted by molar-refractivity contribution is -0.116. The number of benzene rings is 3. The normalized spacial score (nSPS) is 10.7. The summed E-state index contributed by atoms with van der Waals surface area (Å²) in [4.78, 5) is 25.9. The molecule has 0 aliphatic heterocycles. The topological polar surface area (TPSA) is 60.3 Å². The van der Waals surface area contributed by atoms with Crippen LogP contribution in [0.15, 0.2) is 83.8 Å². The fraction of sp³-hybridized carbons (Fsp3) is 0.120. The van der Waals surface area contributed by atoms with Gasteiger partial charge in [-0.05, 0) is 54.4 Å². The minimum absolute atomic E-state index is 0.0389. The van der Waals surface area contributed by atoms with Gasteiger partial charge < -0.3 is 14.6 Å². The highest BCUT2D eigenvalue weighted by Crippen LogP contribution is 2.21. The van der Waals surface area contributed by atoms with Crippen molar-refractivity contribution in [1.29, 1.82) is 0 Å². The molecular formula is C25H22N2O3. The van der Waals surface area contributed by atoms with Crippen LogP contribution in [0.5, 0.6) is 5.75 Å². The molecule has 0 spiro atoms. The molecule has 0 saturated heterocycles. The lowest BCUT2D eigenvalue weighted by Crippen LogP contribution is -2.21. The number of fused-ring (bicyclic) bond motifs is 1. The number of hydrogen-bond acceptors (Lipinski definition) is 3. The second kappa shape index (κ2) is 8.25. The number of hydrogen-bond donors (Lipinski definition) is 1. The van der Waals surface area contributed by atoms with Crippen LogP contribution in [-0.2, 0) is 11.3 Å².